The van der Waals surface area contributed by atoms with E-state index in [2.05, 4.69) is 10.6 Å². The highest BCUT2D eigenvalue weighted by atomic mass is 16.5. The minimum absolute atomic E-state index is 0.0481. The van der Waals surface area contributed by atoms with Gasteiger partial charge in [0.2, 0.25) is 11.8 Å². The molecule has 2 N–H and O–H groups in total. The summed E-state index contributed by atoms with van der Waals surface area (Å²) in [6.07, 6.45) is 0.620. The maximum atomic E-state index is 11.9. The topological polar surface area (TPSA) is 84.5 Å². The Morgan fingerprint density at radius 1 is 0.913 bits per heavy atom. The lowest BCUT2D eigenvalue weighted by Crippen LogP contribution is -2.35. The zero-order valence-corrected chi connectivity index (χ0v) is 13.7. The minimum atomic E-state index is -0.198. The molecule has 0 atom stereocenters. The van der Waals surface area contributed by atoms with Gasteiger partial charge in [0.1, 0.15) is 0 Å². The van der Waals surface area contributed by atoms with E-state index < -0.39 is 0 Å². The van der Waals surface area contributed by atoms with E-state index >= 15 is 0 Å². The third kappa shape index (κ3) is 8.11. The van der Waals surface area contributed by atoms with Crippen LogP contribution in [0.2, 0.25) is 0 Å². The smallest absolute Gasteiger partial charge is 0.222 e. The number of hydrogen-bond donors (Lipinski definition) is 2. The number of nitrogens with one attached hydrogen (secondary N) is 2. The molecule has 0 spiro atoms. The van der Waals surface area contributed by atoms with E-state index in [1.807, 2.05) is 19.1 Å². The predicted octanol–water partition coefficient (Wildman–Crippen LogP) is 1.23. The highest BCUT2D eigenvalue weighted by Gasteiger charge is 2.09. The summed E-state index contributed by atoms with van der Waals surface area (Å²) in [4.78, 5) is 34.9. The number of aryl methyl sites for hydroxylation is 1. The zero-order valence-electron chi connectivity index (χ0n) is 13.7. The fourth-order valence-electron chi connectivity index (χ4n) is 1.89. The molecule has 1 aromatic rings. The minimum Gasteiger partial charge on any atom is -0.384 e. The predicted molar refractivity (Wildman–Crippen MR) is 87.3 cm³/mol. The standard InChI is InChI=1S/C17H24N2O4/c1-13-3-5-14(6-4-13)15(20)7-8-16(21)18-10-11-19-17(22)9-12-23-2/h3-6H,7-12H2,1-2H3,(H,18,21)(H,19,22). The molecule has 0 saturated carbocycles. The summed E-state index contributed by atoms with van der Waals surface area (Å²) in [5.41, 5.74) is 1.71. The number of ketones is 1. The molecule has 0 unspecified atom stereocenters. The largest absolute Gasteiger partial charge is 0.384 e. The van der Waals surface area contributed by atoms with Gasteiger partial charge in [0.15, 0.2) is 5.78 Å². The second-order valence-electron chi connectivity index (χ2n) is 5.23. The molecular weight excluding hydrogens is 296 g/mol. The van der Waals surface area contributed by atoms with Crippen molar-refractivity contribution in [2.24, 2.45) is 0 Å². The molecular formula is C17H24N2O4. The average Bonchev–Trinajstić information content (AvgIpc) is 2.55. The van der Waals surface area contributed by atoms with Crippen molar-refractivity contribution in [2.75, 3.05) is 26.8 Å². The molecule has 1 rings (SSSR count). The number of methoxy groups -OCH3 is 1. The number of Topliss-reactive ketones (excluding diaryl/α,β-unsaturated/α-hetero) is 1. The Hall–Kier alpha value is -2.21. The third-order valence-electron chi connectivity index (χ3n) is 3.26. The summed E-state index contributed by atoms with van der Waals surface area (Å²) in [5, 5.41) is 5.34. The first-order valence-corrected chi connectivity index (χ1v) is 7.65. The van der Waals surface area contributed by atoms with E-state index in [1.165, 1.54) is 7.11 Å². The highest BCUT2D eigenvalue weighted by Crippen LogP contribution is 2.07. The van der Waals surface area contributed by atoms with Crippen LogP contribution in [0.4, 0.5) is 0 Å². The van der Waals surface area contributed by atoms with Gasteiger partial charge in [-0.05, 0) is 6.92 Å². The van der Waals surface area contributed by atoms with Gasteiger partial charge in [-0.2, -0.15) is 0 Å². The van der Waals surface area contributed by atoms with Crippen LogP contribution in [0.5, 0.6) is 0 Å². The van der Waals surface area contributed by atoms with Crippen LogP contribution in [0.25, 0.3) is 0 Å². The number of carbonyl (C=O) groups excluding carboxylic acids is 3. The number of benzene rings is 1. The van der Waals surface area contributed by atoms with Crippen LogP contribution in [0.15, 0.2) is 24.3 Å². The molecule has 6 heteroatoms. The lowest BCUT2D eigenvalue weighted by Gasteiger charge is -2.07. The molecule has 0 aliphatic rings. The van der Waals surface area contributed by atoms with Crippen LogP contribution in [-0.4, -0.2) is 44.4 Å². The van der Waals surface area contributed by atoms with Crippen molar-refractivity contribution in [1.82, 2.24) is 10.6 Å². The van der Waals surface area contributed by atoms with Crippen molar-refractivity contribution in [3.05, 3.63) is 35.4 Å². The Bertz CT molecular complexity index is 526. The van der Waals surface area contributed by atoms with Crippen LogP contribution in [0.3, 0.4) is 0 Å². The van der Waals surface area contributed by atoms with Crippen LogP contribution in [-0.2, 0) is 14.3 Å². The molecule has 1 aromatic carbocycles. The summed E-state index contributed by atoms with van der Waals surface area (Å²) in [6, 6.07) is 7.29. The van der Waals surface area contributed by atoms with Crippen LogP contribution in [0.1, 0.15) is 35.2 Å². The van der Waals surface area contributed by atoms with Crippen molar-refractivity contribution in [2.45, 2.75) is 26.2 Å². The summed E-state index contributed by atoms with van der Waals surface area (Å²) in [7, 11) is 1.53. The lowest BCUT2D eigenvalue weighted by molar-refractivity contribution is -0.123. The van der Waals surface area contributed by atoms with Gasteiger partial charge < -0.3 is 15.4 Å². The normalized spacial score (nSPS) is 10.2. The van der Waals surface area contributed by atoms with Gasteiger partial charge in [0.05, 0.1) is 6.61 Å². The van der Waals surface area contributed by atoms with E-state index in [9.17, 15) is 14.4 Å². The maximum Gasteiger partial charge on any atom is 0.222 e. The Balaban J connectivity index is 2.15. The Morgan fingerprint density at radius 3 is 2.04 bits per heavy atom. The summed E-state index contributed by atoms with van der Waals surface area (Å²) in [6.45, 7) is 3.03. The molecule has 6 nitrogen and oxygen atoms in total. The molecule has 23 heavy (non-hydrogen) atoms. The monoisotopic (exact) mass is 320 g/mol. The van der Waals surface area contributed by atoms with Crippen molar-refractivity contribution < 1.29 is 19.1 Å². The quantitative estimate of drug-likeness (QED) is 0.501. The van der Waals surface area contributed by atoms with Gasteiger partial charge in [0, 0.05) is 45.0 Å². The molecule has 0 aromatic heterocycles. The van der Waals surface area contributed by atoms with E-state index in [0.29, 0.717) is 31.7 Å². The SMILES string of the molecule is COCCC(=O)NCCNC(=O)CCC(=O)c1ccc(C)cc1. The van der Waals surface area contributed by atoms with E-state index in [1.54, 1.807) is 12.1 Å². The van der Waals surface area contributed by atoms with Gasteiger partial charge in [-0.15, -0.1) is 0 Å². The fraction of sp³-hybridized carbons (Fsp3) is 0.471. The number of ether oxygens (including phenoxy) is 1. The molecule has 0 saturated heterocycles. The van der Waals surface area contributed by atoms with Crippen molar-refractivity contribution in [3.8, 4) is 0 Å². The first kappa shape index (κ1) is 18.8. The average molecular weight is 320 g/mol. The molecule has 0 fully saturated rings. The van der Waals surface area contributed by atoms with Gasteiger partial charge >= 0.3 is 0 Å². The van der Waals surface area contributed by atoms with Gasteiger partial charge in [-0.3, -0.25) is 14.4 Å². The molecule has 0 aliphatic carbocycles. The van der Waals surface area contributed by atoms with Gasteiger partial charge in [0.25, 0.3) is 0 Å². The van der Waals surface area contributed by atoms with Crippen molar-refractivity contribution in [3.63, 3.8) is 0 Å². The summed E-state index contributed by atoms with van der Waals surface area (Å²) < 4.78 is 4.79. The van der Waals surface area contributed by atoms with Gasteiger partial charge in [-0.25, -0.2) is 0 Å². The van der Waals surface area contributed by atoms with Crippen LogP contribution < -0.4 is 10.6 Å². The lowest BCUT2D eigenvalue weighted by atomic mass is 10.1. The first-order valence-electron chi connectivity index (χ1n) is 7.65. The highest BCUT2D eigenvalue weighted by molar-refractivity contribution is 5.97. The molecule has 0 aliphatic heterocycles. The second-order valence-corrected chi connectivity index (χ2v) is 5.23. The molecule has 0 radical (unpaired) electrons. The maximum absolute atomic E-state index is 11.9. The molecule has 2 amide bonds. The number of amides is 2. The molecule has 0 bridgehead atoms. The van der Waals surface area contributed by atoms with E-state index in [4.69, 9.17) is 4.74 Å². The fourth-order valence-corrected chi connectivity index (χ4v) is 1.89. The number of hydrogen-bond acceptors (Lipinski definition) is 4. The van der Waals surface area contributed by atoms with Crippen molar-refractivity contribution >= 4 is 17.6 Å². The zero-order chi connectivity index (χ0) is 17.1. The summed E-state index contributed by atoms with van der Waals surface area (Å²) >= 11 is 0. The Kier molecular flexibility index (Phi) is 8.60. The Labute approximate surface area is 136 Å². The van der Waals surface area contributed by atoms with E-state index in [0.717, 1.165) is 5.56 Å². The van der Waals surface area contributed by atoms with Crippen LogP contribution >= 0.6 is 0 Å². The first-order chi connectivity index (χ1) is 11.0. The molecule has 126 valence electrons. The Morgan fingerprint density at radius 2 is 1.48 bits per heavy atom. The third-order valence-corrected chi connectivity index (χ3v) is 3.26. The molecule has 0 heterocycles. The van der Waals surface area contributed by atoms with E-state index in [-0.39, 0.29) is 30.4 Å². The number of carbonyl (C=O) groups is 3. The van der Waals surface area contributed by atoms with Crippen molar-refractivity contribution in [1.29, 1.82) is 0 Å². The second kappa shape index (κ2) is 10.5. The van der Waals surface area contributed by atoms with Crippen LogP contribution in [0, 0.1) is 6.92 Å². The summed E-state index contributed by atoms with van der Waals surface area (Å²) in [5.74, 6) is -0.361. The number of rotatable bonds is 10. The van der Waals surface area contributed by atoms with Gasteiger partial charge in [-0.1, -0.05) is 29.8 Å².